The number of hydrogen-bond acceptors (Lipinski definition) is 5. The molecular formula is C12H12O5. The van der Waals surface area contributed by atoms with Gasteiger partial charge in [0.25, 0.3) is 0 Å². The molecule has 1 aliphatic heterocycles. The topological polar surface area (TPSA) is 72.8 Å². The lowest BCUT2D eigenvalue weighted by molar-refractivity contribution is -0.151. The van der Waals surface area contributed by atoms with Gasteiger partial charge in [-0.2, -0.15) is 0 Å². The van der Waals surface area contributed by atoms with Gasteiger partial charge in [0.15, 0.2) is 17.6 Å². The number of hydrogen-bond donors (Lipinski definition) is 1. The van der Waals surface area contributed by atoms with Crippen molar-refractivity contribution in [2.75, 3.05) is 0 Å². The van der Waals surface area contributed by atoms with E-state index in [0.717, 1.165) is 5.57 Å². The molecule has 0 aromatic heterocycles. The van der Waals surface area contributed by atoms with E-state index in [0.29, 0.717) is 0 Å². The maximum Gasteiger partial charge on any atom is 0.331 e. The highest BCUT2D eigenvalue weighted by molar-refractivity contribution is 5.84. The molecule has 5 heteroatoms. The first-order valence-electron chi connectivity index (χ1n) is 5.17. The predicted octanol–water partition coefficient (Wildman–Crippen LogP) is 1.38. The molecule has 0 radical (unpaired) electrons. The van der Waals surface area contributed by atoms with E-state index in [2.05, 4.69) is 0 Å². The standard InChI is InChI=1S/C12H12O5/c1-6-5-10(15)17-11-8(6)3-4-9(14)12(11)16-7(2)13/h3-5,8,11,14H,1-2H3/t8-,11-/m0/s1. The highest BCUT2D eigenvalue weighted by atomic mass is 16.6. The average molecular weight is 236 g/mol. The smallest absolute Gasteiger partial charge is 0.331 e. The molecule has 1 heterocycles. The van der Waals surface area contributed by atoms with E-state index in [-0.39, 0.29) is 17.4 Å². The second-order valence-electron chi connectivity index (χ2n) is 3.97. The van der Waals surface area contributed by atoms with Gasteiger partial charge in [-0.05, 0) is 13.0 Å². The number of rotatable bonds is 1. The van der Waals surface area contributed by atoms with E-state index in [1.165, 1.54) is 19.1 Å². The zero-order valence-corrected chi connectivity index (χ0v) is 9.47. The maximum absolute atomic E-state index is 11.3. The Morgan fingerprint density at radius 2 is 2.24 bits per heavy atom. The van der Waals surface area contributed by atoms with Gasteiger partial charge in [0.1, 0.15) is 0 Å². The van der Waals surface area contributed by atoms with E-state index >= 15 is 0 Å². The van der Waals surface area contributed by atoms with E-state index in [4.69, 9.17) is 9.47 Å². The lowest BCUT2D eigenvalue weighted by Crippen LogP contribution is -2.36. The minimum atomic E-state index is -0.763. The third kappa shape index (κ3) is 2.08. The number of allylic oxidation sites excluding steroid dienone is 1. The first-order chi connectivity index (χ1) is 7.99. The van der Waals surface area contributed by atoms with Crippen LogP contribution in [0.5, 0.6) is 0 Å². The zero-order chi connectivity index (χ0) is 12.6. The quantitative estimate of drug-likeness (QED) is 0.696. The van der Waals surface area contributed by atoms with E-state index < -0.39 is 18.0 Å². The van der Waals surface area contributed by atoms with Gasteiger partial charge in [0, 0.05) is 18.9 Å². The summed E-state index contributed by atoms with van der Waals surface area (Å²) in [5.41, 5.74) is 0.805. The highest BCUT2D eigenvalue weighted by Crippen LogP contribution is 2.34. The molecule has 0 bridgehead atoms. The molecule has 90 valence electrons. The van der Waals surface area contributed by atoms with E-state index in [1.807, 2.05) is 0 Å². The molecule has 17 heavy (non-hydrogen) atoms. The summed E-state index contributed by atoms with van der Waals surface area (Å²) in [6.45, 7) is 3.01. The Labute approximate surface area is 98.0 Å². The maximum atomic E-state index is 11.3. The fourth-order valence-corrected chi connectivity index (χ4v) is 1.91. The van der Waals surface area contributed by atoms with Crippen molar-refractivity contribution in [3.8, 4) is 0 Å². The summed E-state index contributed by atoms with van der Waals surface area (Å²) < 4.78 is 9.99. The summed E-state index contributed by atoms with van der Waals surface area (Å²) in [6, 6.07) is 0. The monoisotopic (exact) mass is 236 g/mol. The van der Waals surface area contributed by atoms with Gasteiger partial charge < -0.3 is 14.6 Å². The molecule has 0 aromatic carbocycles. The van der Waals surface area contributed by atoms with Crippen LogP contribution in [-0.2, 0) is 19.1 Å². The van der Waals surface area contributed by atoms with Crippen molar-refractivity contribution >= 4 is 11.9 Å². The molecule has 2 atom stereocenters. The van der Waals surface area contributed by atoms with Crippen molar-refractivity contribution in [3.63, 3.8) is 0 Å². The molecule has 5 nitrogen and oxygen atoms in total. The van der Waals surface area contributed by atoms with Crippen LogP contribution < -0.4 is 0 Å². The van der Waals surface area contributed by atoms with Crippen molar-refractivity contribution < 1.29 is 24.2 Å². The summed E-state index contributed by atoms with van der Waals surface area (Å²) in [4.78, 5) is 22.2. The second-order valence-corrected chi connectivity index (χ2v) is 3.97. The number of carbonyl (C=O) groups is 2. The van der Waals surface area contributed by atoms with Gasteiger partial charge in [-0.15, -0.1) is 0 Å². The van der Waals surface area contributed by atoms with Crippen LogP contribution in [-0.4, -0.2) is 23.1 Å². The largest absolute Gasteiger partial charge is 0.504 e. The Hall–Kier alpha value is -2.04. The van der Waals surface area contributed by atoms with E-state index in [9.17, 15) is 14.7 Å². The van der Waals surface area contributed by atoms with Crippen LogP contribution in [0.1, 0.15) is 13.8 Å². The van der Waals surface area contributed by atoms with Crippen LogP contribution in [0, 0.1) is 5.92 Å². The van der Waals surface area contributed by atoms with Crippen LogP contribution in [0.4, 0.5) is 0 Å². The summed E-state index contributed by atoms with van der Waals surface area (Å²) in [5, 5.41) is 9.63. The van der Waals surface area contributed by atoms with Crippen molar-refractivity contribution in [3.05, 3.63) is 35.3 Å². The fraction of sp³-hybridized carbons (Fsp3) is 0.333. The SMILES string of the molecule is CC(=O)OC1=C(O)C=C[C@H]2C(C)=CC(=O)O[C@H]12. The molecule has 2 rings (SSSR count). The highest BCUT2D eigenvalue weighted by Gasteiger charge is 2.38. The summed E-state index contributed by atoms with van der Waals surface area (Å²) in [7, 11) is 0. The van der Waals surface area contributed by atoms with Crippen LogP contribution in [0.3, 0.4) is 0 Å². The Morgan fingerprint density at radius 1 is 1.53 bits per heavy atom. The Kier molecular flexibility index (Phi) is 2.75. The van der Waals surface area contributed by atoms with Gasteiger partial charge in [0.05, 0.1) is 0 Å². The number of fused-ring (bicyclic) bond motifs is 1. The summed E-state index contributed by atoms with van der Waals surface area (Å²) >= 11 is 0. The van der Waals surface area contributed by atoms with Crippen LogP contribution in [0.15, 0.2) is 35.3 Å². The molecule has 0 saturated heterocycles. The fourth-order valence-electron chi connectivity index (χ4n) is 1.91. The third-order valence-corrected chi connectivity index (χ3v) is 2.67. The number of esters is 2. The predicted molar refractivity (Wildman–Crippen MR) is 57.7 cm³/mol. The molecule has 0 amide bonds. The summed E-state index contributed by atoms with van der Waals surface area (Å²) in [5.74, 6) is -1.46. The number of aliphatic hydroxyl groups excluding tert-OH is 1. The molecule has 2 aliphatic rings. The van der Waals surface area contributed by atoms with Gasteiger partial charge in [-0.25, -0.2) is 4.79 Å². The van der Waals surface area contributed by atoms with Gasteiger partial charge in [-0.3, -0.25) is 4.79 Å². The first-order valence-corrected chi connectivity index (χ1v) is 5.17. The van der Waals surface area contributed by atoms with Crippen LogP contribution >= 0.6 is 0 Å². The minimum absolute atomic E-state index is 0.00852. The molecule has 1 aliphatic carbocycles. The Bertz CT molecular complexity index is 469. The van der Waals surface area contributed by atoms with E-state index in [1.54, 1.807) is 13.0 Å². The van der Waals surface area contributed by atoms with Gasteiger partial charge in [0.2, 0.25) is 0 Å². The molecule has 0 saturated carbocycles. The molecule has 0 spiro atoms. The Morgan fingerprint density at radius 3 is 2.88 bits per heavy atom. The normalized spacial score (nSPS) is 27.2. The van der Waals surface area contributed by atoms with Crippen molar-refractivity contribution in [2.24, 2.45) is 5.92 Å². The van der Waals surface area contributed by atoms with Crippen molar-refractivity contribution in [2.45, 2.75) is 20.0 Å². The molecule has 0 unspecified atom stereocenters. The van der Waals surface area contributed by atoms with Crippen molar-refractivity contribution in [1.29, 1.82) is 0 Å². The molecule has 1 N–H and O–H groups in total. The average Bonchev–Trinajstić information content (AvgIpc) is 2.21. The van der Waals surface area contributed by atoms with Crippen molar-refractivity contribution in [1.82, 2.24) is 0 Å². The summed E-state index contributed by atoms with van der Waals surface area (Å²) in [6.07, 6.45) is 3.78. The number of aliphatic hydroxyl groups is 1. The zero-order valence-electron chi connectivity index (χ0n) is 9.47. The second kappa shape index (κ2) is 4.08. The minimum Gasteiger partial charge on any atom is -0.504 e. The van der Waals surface area contributed by atoms with Crippen LogP contribution in [0.25, 0.3) is 0 Å². The molecule has 0 fully saturated rings. The lowest BCUT2D eigenvalue weighted by atomic mass is 9.87. The van der Waals surface area contributed by atoms with Gasteiger partial charge in [-0.1, -0.05) is 11.6 Å². The lowest BCUT2D eigenvalue weighted by Gasteiger charge is -2.32. The first kappa shape index (κ1) is 11.4. The molecular weight excluding hydrogens is 224 g/mol. The third-order valence-electron chi connectivity index (χ3n) is 2.67. The number of ether oxygens (including phenoxy) is 2. The van der Waals surface area contributed by atoms with Gasteiger partial charge >= 0.3 is 11.9 Å². The van der Waals surface area contributed by atoms with Crippen LogP contribution in [0.2, 0.25) is 0 Å². The molecule has 0 aromatic rings. The number of carbonyl (C=O) groups excluding carboxylic acids is 2. The Balaban J connectivity index is 2.38.